The normalized spacial score (nSPS) is 12.6. The van der Waals surface area contributed by atoms with E-state index in [0.717, 1.165) is 19.3 Å². The van der Waals surface area contributed by atoms with Crippen LogP contribution in [0.5, 0.6) is 0 Å². The average molecular weight is 229 g/mol. The Morgan fingerprint density at radius 2 is 1.81 bits per heavy atom. The van der Waals surface area contributed by atoms with E-state index in [-0.39, 0.29) is 11.8 Å². The lowest BCUT2D eigenvalue weighted by molar-refractivity contribution is -0.152. The minimum atomic E-state index is -1.03. The molecule has 0 bridgehead atoms. The van der Waals surface area contributed by atoms with Gasteiger partial charge in [-0.2, -0.15) is 0 Å². The number of carbonyl (C=O) groups is 2. The fourth-order valence-corrected chi connectivity index (χ4v) is 1.62. The first-order valence-electron chi connectivity index (χ1n) is 5.89. The number of aliphatic carboxylic acids is 1. The van der Waals surface area contributed by atoms with E-state index < -0.39 is 11.9 Å². The van der Waals surface area contributed by atoms with Gasteiger partial charge in [0.15, 0.2) is 0 Å². The summed E-state index contributed by atoms with van der Waals surface area (Å²) >= 11 is 0. The molecule has 0 aromatic heterocycles. The van der Waals surface area contributed by atoms with Crippen LogP contribution in [0, 0.1) is 11.8 Å². The highest BCUT2D eigenvalue weighted by Gasteiger charge is 2.31. The first-order chi connectivity index (χ1) is 7.41. The van der Waals surface area contributed by atoms with Crippen LogP contribution in [0.1, 0.15) is 40.0 Å². The molecule has 0 aliphatic carbocycles. The van der Waals surface area contributed by atoms with Crippen molar-refractivity contribution in [2.75, 3.05) is 13.6 Å². The van der Waals surface area contributed by atoms with Crippen LogP contribution in [-0.4, -0.2) is 35.5 Å². The van der Waals surface area contributed by atoms with Crippen LogP contribution in [-0.2, 0) is 9.59 Å². The number of unbranched alkanes of at least 4 members (excludes halogenated alkanes) is 2. The molecule has 1 atom stereocenters. The van der Waals surface area contributed by atoms with Crippen LogP contribution in [0.2, 0.25) is 0 Å². The van der Waals surface area contributed by atoms with Crippen molar-refractivity contribution >= 4 is 11.9 Å². The van der Waals surface area contributed by atoms with E-state index in [2.05, 4.69) is 6.92 Å². The number of rotatable bonds is 7. The Balaban J connectivity index is 4.32. The molecule has 0 radical (unpaired) electrons. The van der Waals surface area contributed by atoms with Gasteiger partial charge in [-0.05, 0) is 12.3 Å². The first kappa shape index (κ1) is 14.9. The molecule has 1 amide bonds. The molecule has 16 heavy (non-hydrogen) atoms. The fourth-order valence-electron chi connectivity index (χ4n) is 1.62. The van der Waals surface area contributed by atoms with Gasteiger partial charge in [0.25, 0.3) is 0 Å². The Hall–Kier alpha value is -1.06. The third-order valence-electron chi connectivity index (χ3n) is 2.67. The summed E-state index contributed by atoms with van der Waals surface area (Å²) in [5.41, 5.74) is 0. The first-order valence-corrected chi connectivity index (χ1v) is 5.89. The van der Waals surface area contributed by atoms with Crippen LogP contribution in [0.15, 0.2) is 0 Å². The van der Waals surface area contributed by atoms with Crippen LogP contribution >= 0.6 is 0 Å². The number of nitrogens with zero attached hydrogens (tertiary/aromatic N) is 1. The van der Waals surface area contributed by atoms with Crippen LogP contribution in [0.3, 0.4) is 0 Å². The van der Waals surface area contributed by atoms with Gasteiger partial charge in [0, 0.05) is 13.6 Å². The zero-order valence-electron chi connectivity index (χ0n) is 10.7. The molecule has 0 heterocycles. The van der Waals surface area contributed by atoms with E-state index >= 15 is 0 Å². The minimum absolute atomic E-state index is 0.168. The largest absolute Gasteiger partial charge is 0.481 e. The maximum Gasteiger partial charge on any atom is 0.316 e. The van der Waals surface area contributed by atoms with Crippen molar-refractivity contribution in [1.82, 2.24) is 4.90 Å². The highest BCUT2D eigenvalue weighted by atomic mass is 16.4. The molecule has 0 aliphatic rings. The predicted octanol–water partition coefficient (Wildman–Crippen LogP) is 1.99. The third kappa shape index (κ3) is 4.64. The molecule has 0 aliphatic heterocycles. The second-order valence-corrected chi connectivity index (χ2v) is 4.53. The Morgan fingerprint density at radius 3 is 2.19 bits per heavy atom. The maximum atomic E-state index is 11.9. The standard InChI is InChI=1S/C12H23NO3/c1-5-6-7-8-13(4)11(14)10(9(2)3)12(15)16/h9-10H,5-8H2,1-4H3,(H,15,16). The molecule has 4 nitrogen and oxygen atoms in total. The van der Waals surface area contributed by atoms with Crippen LogP contribution < -0.4 is 0 Å². The summed E-state index contributed by atoms with van der Waals surface area (Å²) in [6, 6.07) is 0. The second kappa shape index (κ2) is 7.25. The summed E-state index contributed by atoms with van der Waals surface area (Å²) in [5.74, 6) is -2.38. The molecule has 0 aromatic carbocycles. The molecule has 0 fully saturated rings. The molecular weight excluding hydrogens is 206 g/mol. The summed E-state index contributed by atoms with van der Waals surface area (Å²) in [4.78, 5) is 24.4. The van der Waals surface area contributed by atoms with E-state index in [4.69, 9.17) is 5.11 Å². The quantitative estimate of drug-likeness (QED) is 0.536. The Morgan fingerprint density at radius 1 is 1.25 bits per heavy atom. The van der Waals surface area contributed by atoms with Crippen molar-refractivity contribution in [2.24, 2.45) is 11.8 Å². The number of hydrogen-bond acceptors (Lipinski definition) is 2. The number of carboxylic acid groups (broad SMARTS) is 1. The fraction of sp³-hybridized carbons (Fsp3) is 0.833. The average Bonchev–Trinajstić information content (AvgIpc) is 2.16. The van der Waals surface area contributed by atoms with Gasteiger partial charge >= 0.3 is 5.97 Å². The summed E-state index contributed by atoms with van der Waals surface area (Å²) in [7, 11) is 1.68. The van der Waals surface area contributed by atoms with E-state index in [0.29, 0.717) is 6.54 Å². The number of amides is 1. The van der Waals surface area contributed by atoms with E-state index in [1.54, 1.807) is 20.9 Å². The van der Waals surface area contributed by atoms with Gasteiger partial charge in [0.2, 0.25) is 5.91 Å². The van der Waals surface area contributed by atoms with Crippen molar-refractivity contribution in [3.8, 4) is 0 Å². The molecule has 0 rings (SSSR count). The van der Waals surface area contributed by atoms with Gasteiger partial charge in [0.1, 0.15) is 5.92 Å². The molecule has 4 heteroatoms. The van der Waals surface area contributed by atoms with Gasteiger partial charge in [-0.1, -0.05) is 33.6 Å². The Kier molecular flexibility index (Phi) is 6.77. The Labute approximate surface area is 97.6 Å². The molecule has 1 N–H and O–H groups in total. The van der Waals surface area contributed by atoms with Gasteiger partial charge in [-0.25, -0.2) is 0 Å². The van der Waals surface area contributed by atoms with Gasteiger partial charge in [0.05, 0.1) is 0 Å². The van der Waals surface area contributed by atoms with Crippen LogP contribution in [0.25, 0.3) is 0 Å². The predicted molar refractivity (Wildman–Crippen MR) is 63.1 cm³/mol. The smallest absolute Gasteiger partial charge is 0.316 e. The zero-order valence-corrected chi connectivity index (χ0v) is 10.7. The summed E-state index contributed by atoms with van der Waals surface area (Å²) in [5, 5.41) is 8.99. The lowest BCUT2D eigenvalue weighted by Crippen LogP contribution is -2.40. The Bertz CT molecular complexity index is 238. The lowest BCUT2D eigenvalue weighted by Gasteiger charge is -2.23. The van der Waals surface area contributed by atoms with E-state index in [1.807, 2.05) is 0 Å². The topological polar surface area (TPSA) is 57.6 Å². The molecular formula is C12H23NO3. The van der Waals surface area contributed by atoms with E-state index in [1.165, 1.54) is 4.90 Å². The van der Waals surface area contributed by atoms with Gasteiger partial charge < -0.3 is 10.0 Å². The number of hydrogen-bond donors (Lipinski definition) is 1. The molecule has 0 saturated carbocycles. The molecule has 1 unspecified atom stereocenters. The molecule has 0 aromatic rings. The minimum Gasteiger partial charge on any atom is -0.481 e. The number of carboxylic acids is 1. The highest BCUT2D eigenvalue weighted by Crippen LogP contribution is 2.14. The van der Waals surface area contributed by atoms with Crippen LogP contribution in [0.4, 0.5) is 0 Å². The summed E-state index contributed by atoms with van der Waals surface area (Å²) in [6.45, 7) is 6.26. The van der Waals surface area contributed by atoms with Crippen molar-refractivity contribution in [3.63, 3.8) is 0 Å². The molecule has 0 spiro atoms. The van der Waals surface area contributed by atoms with Crippen molar-refractivity contribution in [2.45, 2.75) is 40.0 Å². The SMILES string of the molecule is CCCCCN(C)C(=O)C(C(=O)O)C(C)C. The van der Waals surface area contributed by atoms with Crippen molar-refractivity contribution < 1.29 is 14.7 Å². The van der Waals surface area contributed by atoms with E-state index in [9.17, 15) is 9.59 Å². The second-order valence-electron chi connectivity index (χ2n) is 4.53. The summed E-state index contributed by atoms with van der Waals surface area (Å²) in [6.07, 6.45) is 3.09. The lowest BCUT2D eigenvalue weighted by atomic mass is 9.94. The van der Waals surface area contributed by atoms with Gasteiger partial charge in [-0.15, -0.1) is 0 Å². The zero-order chi connectivity index (χ0) is 12.7. The molecule has 0 saturated heterocycles. The highest BCUT2D eigenvalue weighted by molar-refractivity contribution is 5.97. The molecule has 94 valence electrons. The van der Waals surface area contributed by atoms with Gasteiger partial charge in [-0.3, -0.25) is 9.59 Å². The third-order valence-corrected chi connectivity index (χ3v) is 2.67. The van der Waals surface area contributed by atoms with Crippen molar-refractivity contribution in [1.29, 1.82) is 0 Å². The summed E-state index contributed by atoms with van der Waals surface area (Å²) < 4.78 is 0. The van der Waals surface area contributed by atoms with Crippen molar-refractivity contribution in [3.05, 3.63) is 0 Å². The maximum absolute atomic E-state index is 11.9. The monoisotopic (exact) mass is 229 g/mol. The number of carbonyl (C=O) groups excluding carboxylic acids is 1.